The van der Waals surface area contributed by atoms with Gasteiger partial charge in [0.05, 0.1) is 21.5 Å². The minimum Gasteiger partial charge on any atom is -0.236 e. The summed E-state index contributed by atoms with van der Waals surface area (Å²) in [6.45, 7) is 6.13. The third-order valence-electron chi connectivity index (χ3n) is 2.85. The average molecular weight is 314 g/mol. The van der Waals surface area contributed by atoms with Crippen molar-refractivity contribution in [1.82, 2.24) is 9.78 Å². The van der Waals surface area contributed by atoms with Crippen molar-refractivity contribution in [2.45, 2.75) is 26.7 Å². The van der Waals surface area contributed by atoms with Crippen LogP contribution >= 0.6 is 27.5 Å². The van der Waals surface area contributed by atoms with Crippen molar-refractivity contribution in [3.8, 4) is 5.69 Å². The Morgan fingerprint density at radius 1 is 1.29 bits per heavy atom. The quantitative estimate of drug-likeness (QED) is 0.756. The second-order valence-electron chi connectivity index (χ2n) is 4.15. The molecule has 0 fully saturated rings. The summed E-state index contributed by atoms with van der Waals surface area (Å²) in [6.07, 6.45) is 0. The average Bonchev–Trinajstić information content (AvgIpc) is 2.57. The van der Waals surface area contributed by atoms with Crippen LogP contribution in [0.3, 0.4) is 0 Å². The Bertz CT molecular complexity index is 561. The van der Waals surface area contributed by atoms with Crippen molar-refractivity contribution in [3.63, 3.8) is 0 Å². The van der Waals surface area contributed by atoms with Crippen molar-refractivity contribution in [1.29, 1.82) is 0 Å². The van der Waals surface area contributed by atoms with E-state index in [-0.39, 0.29) is 0 Å². The van der Waals surface area contributed by atoms with Gasteiger partial charge in [-0.25, -0.2) is 4.68 Å². The lowest BCUT2D eigenvalue weighted by molar-refractivity contribution is 0.826. The third kappa shape index (κ3) is 2.26. The van der Waals surface area contributed by atoms with Crippen molar-refractivity contribution < 1.29 is 0 Å². The van der Waals surface area contributed by atoms with E-state index in [1.807, 2.05) is 17.7 Å². The van der Waals surface area contributed by atoms with Gasteiger partial charge in [0.15, 0.2) is 0 Å². The van der Waals surface area contributed by atoms with Crippen LogP contribution in [0.15, 0.2) is 22.7 Å². The Hall–Kier alpha value is -0.800. The highest BCUT2D eigenvalue weighted by atomic mass is 79.9. The molecule has 1 aromatic carbocycles. The smallest absolute Gasteiger partial charge is 0.0743 e. The molecular weight excluding hydrogens is 300 g/mol. The first-order valence-corrected chi connectivity index (χ1v) is 6.75. The van der Waals surface area contributed by atoms with Gasteiger partial charge in [-0.3, -0.25) is 0 Å². The fourth-order valence-electron chi connectivity index (χ4n) is 1.90. The van der Waals surface area contributed by atoms with Gasteiger partial charge in [0, 0.05) is 5.88 Å². The van der Waals surface area contributed by atoms with Crippen LogP contribution in [0.25, 0.3) is 5.69 Å². The molecule has 0 aliphatic heterocycles. The number of nitrogens with zero attached hydrogens (tertiary/aromatic N) is 2. The lowest BCUT2D eigenvalue weighted by Gasteiger charge is -2.09. The van der Waals surface area contributed by atoms with E-state index in [9.17, 15) is 0 Å². The number of hydrogen-bond donors (Lipinski definition) is 0. The van der Waals surface area contributed by atoms with E-state index >= 15 is 0 Å². The van der Waals surface area contributed by atoms with Crippen molar-refractivity contribution >= 4 is 27.5 Å². The summed E-state index contributed by atoms with van der Waals surface area (Å²) in [5, 5.41) is 4.53. The molecule has 0 radical (unpaired) electrons. The van der Waals surface area contributed by atoms with Crippen LogP contribution in [0.2, 0.25) is 0 Å². The summed E-state index contributed by atoms with van der Waals surface area (Å²) in [4.78, 5) is 0. The third-order valence-corrected chi connectivity index (χ3v) is 4.30. The summed E-state index contributed by atoms with van der Waals surface area (Å²) < 4.78 is 3.03. The number of halogens is 2. The highest BCUT2D eigenvalue weighted by molar-refractivity contribution is 9.10. The molecule has 0 bridgehead atoms. The van der Waals surface area contributed by atoms with Gasteiger partial charge in [0.25, 0.3) is 0 Å². The zero-order chi connectivity index (χ0) is 12.6. The van der Waals surface area contributed by atoms with Gasteiger partial charge in [-0.1, -0.05) is 12.1 Å². The van der Waals surface area contributed by atoms with Gasteiger partial charge in [-0.2, -0.15) is 5.10 Å². The molecule has 0 atom stereocenters. The predicted molar refractivity (Wildman–Crippen MR) is 75.0 cm³/mol. The minimum atomic E-state index is 0.544. The highest BCUT2D eigenvalue weighted by Crippen LogP contribution is 2.25. The fourth-order valence-corrected chi connectivity index (χ4v) is 2.31. The summed E-state index contributed by atoms with van der Waals surface area (Å²) in [5.41, 5.74) is 5.53. The number of aryl methyl sites for hydroxylation is 2. The largest absolute Gasteiger partial charge is 0.236 e. The van der Waals surface area contributed by atoms with Crippen LogP contribution in [0.4, 0.5) is 0 Å². The maximum absolute atomic E-state index is 5.83. The molecule has 0 amide bonds. The zero-order valence-electron chi connectivity index (χ0n) is 10.1. The molecule has 1 aromatic heterocycles. The molecular formula is C13H14BrClN2. The van der Waals surface area contributed by atoms with Gasteiger partial charge in [0.1, 0.15) is 0 Å². The van der Waals surface area contributed by atoms with E-state index in [2.05, 4.69) is 47.0 Å². The van der Waals surface area contributed by atoms with Gasteiger partial charge >= 0.3 is 0 Å². The molecule has 1 heterocycles. The van der Waals surface area contributed by atoms with E-state index < -0.39 is 0 Å². The van der Waals surface area contributed by atoms with Gasteiger partial charge in [-0.05, 0) is 53.9 Å². The molecule has 0 saturated carbocycles. The van der Waals surface area contributed by atoms with Gasteiger partial charge in [0.2, 0.25) is 0 Å². The van der Waals surface area contributed by atoms with Crippen LogP contribution in [-0.4, -0.2) is 9.78 Å². The molecule has 0 aliphatic carbocycles. The summed E-state index contributed by atoms with van der Waals surface area (Å²) >= 11 is 9.37. The molecule has 90 valence electrons. The Morgan fingerprint density at radius 2 is 2.00 bits per heavy atom. The lowest BCUT2D eigenvalue weighted by atomic mass is 10.1. The second kappa shape index (κ2) is 4.83. The van der Waals surface area contributed by atoms with Gasteiger partial charge < -0.3 is 0 Å². The van der Waals surface area contributed by atoms with Crippen molar-refractivity contribution in [2.24, 2.45) is 0 Å². The maximum atomic E-state index is 5.83. The topological polar surface area (TPSA) is 17.8 Å². The van der Waals surface area contributed by atoms with E-state index in [1.165, 1.54) is 5.56 Å². The molecule has 2 nitrogen and oxygen atoms in total. The number of hydrogen-bond acceptors (Lipinski definition) is 1. The summed E-state index contributed by atoms with van der Waals surface area (Å²) in [7, 11) is 0. The number of benzene rings is 1. The summed E-state index contributed by atoms with van der Waals surface area (Å²) in [6, 6.07) is 6.21. The molecule has 2 aromatic rings. The highest BCUT2D eigenvalue weighted by Gasteiger charge is 2.11. The Balaban J connectivity index is 2.57. The molecule has 0 aliphatic rings. The van der Waals surface area contributed by atoms with E-state index in [0.29, 0.717) is 5.88 Å². The Kier molecular flexibility index (Phi) is 3.59. The molecule has 2 rings (SSSR count). The Morgan fingerprint density at radius 3 is 2.47 bits per heavy atom. The SMILES string of the molecule is Cc1cc(CCl)ccc1-n1nc(C)c(Br)c1C. The predicted octanol–water partition coefficient (Wildman–Crippen LogP) is 4.30. The maximum Gasteiger partial charge on any atom is 0.0743 e. The van der Waals surface area contributed by atoms with Crippen LogP contribution in [-0.2, 0) is 5.88 Å². The molecule has 0 unspecified atom stereocenters. The van der Waals surface area contributed by atoms with Crippen LogP contribution in [0, 0.1) is 20.8 Å². The number of aromatic nitrogens is 2. The van der Waals surface area contributed by atoms with Crippen molar-refractivity contribution in [3.05, 3.63) is 45.2 Å². The van der Waals surface area contributed by atoms with Crippen LogP contribution < -0.4 is 0 Å². The molecule has 4 heteroatoms. The molecule has 0 spiro atoms. The number of rotatable bonds is 2. The van der Waals surface area contributed by atoms with Crippen LogP contribution in [0.5, 0.6) is 0 Å². The minimum absolute atomic E-state index is 0.544. The van der Waals surface area contributed by atoms with E-state index in [4.69, 9.17) is 11.6 Å². The van der Waals surface area contributed by atoms with Crippen molar-refractivity contribution in [2.75, 3.05) is 0 Å². The molecule has 0 N–H and O–H groups in total. The summed E-state index contributed by atoms with van der Waals surface area (Å²) in [5.74, 6) is 0.544. The van der Waals surface area contributed by atoms with Crippen LogP contribution in [0.1, 0.15) is 22.5 Å². The lowest BCUT2D eigenvalue weighted by Crippen LogP contribution is -2.02. The van der Waals surface area contributed by atoms with Gasteiger partial charge in [-0.15, -0.1) is 11.6 Å². The molecule has 17 heavy (non-hydrogen) atoms. The Labute approximate surface area is 115 Å². The first-order valence-electron chi connectivity index (χ1n) is 5.42. The zero-order valence-corrected chi connectivity index (χ0v) is 12.4. The second-order valence-corrected chi connectivity index (χ2v) is 5.21. The first kappa shape index (κ1) is 12.7. The molecule has 0 saturated heterocycles. The van der Waals surface area contributed by atoms with E-state index in [0.717, 1.165) is 27.1 Å². The normalized spacial score (nSPS) is 10.9. The first-order chi connectivity index (χ1) is 8.04. The number of alkyl halides is 1. The fraction of sp³-hybridized carbons (Fsp3) is 0.308. The van der Waals surface area contributed by atoms with E-state index in [1.54, 1.807) is 0 Å². The monoisotopic (exact) mass is 312 g/mol. The standard InChI is InChI=1S/C13H14BrClN2/c1-8-6-11(7-15)4-5-12(8)17-10(3)13(14)9(2)16-17/h4-6H,7H2,1-3H3.